The molecule has 0 aliphatic heterocycles. The molecule has 2 aromatic carbocycles. The fourth-order valence-electron chi connectivity index (χ4n) is 2.91. The second kappa shape index (κ2) is 10.4. The molecule has 4 nitrogen and oxygen atoms in total. The number of amides is 1. The number of aliphatic hydroxyl groups is 1. The van der Waals surface area contributed by atoms with Gasteiger partial charge in [-0.05, 0) is 42.5 Å². The SMILES string of the molecule is CCCC(C)COc1ccc(C(=CO)C(=O)NC(C)c2ccccc2)cc1. The van der Waals surface area contributed by atoms with Crippen molar-refractivity contribution in [2.45, 2.75) is 39.7 Å². The minimum atomic E-state index is -0.320. The van der Waals surface area contributed by atoms with Crippen molar-refractivity contribution in [2.24, 2.45) is 5.92 Å². The van der Waals surface area contributed by atoms with E-state index < -0.39 is 0 Å². The maximum Gasteiger partial charge on any atom is 0.255 e. The highest BCUT2D eigenvalue weighted by molar-refractivity contribution is 6.19. The lowest BCUT2D eigenvalue weighted by Gasteiger charge is -2.16. The second-order valence-electron chi connectivity index (χ2n) is 6.88. The molecule has 2 unspecified atom stereocenters. The minimum absolute atomic E-state index is 0.156. The van der Waals surface area contributed by atoms with Crippen molar-refractivity contribution in [1.82, 2.24) is 5.32 Å². The molecular formula is C23H29NO3. The summed E-state index contributed by atoms with van der Waals surface area (Å²) < 4.78 is 5.79. The molecule has 0 saturated carbocycles. The Kier molecular flexibility index (Phi) is 7.93. The van der Waals surface area contributed by atoms with Crippen molar-refractivity contribution in [3.05, 3.63) is 72.0 Å². The lowest BCUT2D eigenvalue weighted by Crippen LogP contribution is -2.27. The standard InChI is InChI=1S/C23H29NO3/c1-4-8-17(2)16-27-21-13-11-20(12-14-21)22(15-25)23(26)24-18(3)19-9-6-5-7-10-19/h5-7,9-15,17-18,25H,4,8,16H2,1-3H3,(H,24,26). The third kappa shape index (κ3) is 6.17. The number of ether oxygens (including phenoxy) is 1. The van der Waals surface area contributed by atoms with Gasteiger partial charge in [-0.15, -0.1) is 0 Å². The Morgan fingerprint density at radius 3 is 2.37 bits per heavy atom. The van der Waals surface area contributed by atoms with Crippen LogP contribution in [-0.2, 0) is 4.79 Å². The lowest BCUT2D eigenvalue weighted by atomic mass is 10.0. The molecule has 144 valence electrons. The Labute approximate surface area is 161 Å². The van der Waals surface area contributed by atoms with Gasteiger partial charge in [-0.2, -0.15) is 0 Å². The monoisotopic (exact) mass is 367 g/mol. The summed E-state index contributed by atoms with van der Waals surface area (Å²) in [6.07, 6.45) is 3.13. The molecule has 1 amide bonds. The Morgan fingerprint density at radius 1 is 1.11 bits per heavy atom. The number of rotatable bonds is 9. The van der Waals surface area contributed by atoms with Crippen LogP contribution >= 0.6 is 0 Å². The fourth-order valence-corrected chi connectivity index (χ4v) is 2.91. The third-order valence-corrected chi connectivity index (χ3v) is 4.50. The topological polar surface area (TPSA) is 58.6 Å². The quantitative estimate of drug-likeness (QED) is 0.468. The molecule has 2 atom stereocenters. The van der Waals surface area contributed by atoms with Crippen LogP contribution < -0.4 is 10.1 Å². The average Bonchev–Trinajstić information content (AvgIpc) is 2.69. The van der Waals surface area contributed by atoms with Crippen LogP contribution in [0.25, 0.3) is 5.57 Å². The van der Waals surface area contributed by atoms with Crippen LogP contribution in [0.2, 0.25) is 0 Å². The van der Waals surface area contributed by atoms with E-state index in [-0.39, 0.29) is 17.5 Å². The highest BCUT2D eigenvalue weighted by Crippen LogP contribution is 2.21. The summed E-state index contributed by atoms with van der Waals surface area (Å²) >= 11 is 0. The summed E-state index contributed by atoms with van der Waals surface area (Å²) in [5.41, 5.74) is 1.88. The summed E-state index contributed by atoms with van der Waals surface area (Å²) in [6, 6.07) is 16.8. The molecule has 0 saturated heterocycles. The fraction of sp³-hybridized carbons (Fsp3) is 0.348. The van der Waals surface area contributed by atoms with Gasteiger partial charge in [0.1, 0.15) is 5.75 Å². The van der Waals surface area contributed by atoms with Crippen LogP contribution in [0.1, 0.15) is 50.8 Å². The Bertz CT molecular complexity index is 738. The minimum Gasteiger partial charge on any atom is -0.515 e. The largest absolute Gasteiger partial charge is 0.515 e. The van der Waals surface area contributed by atoms with Crippen molar-refractivity contribution in [3.8, 4) is 5.75 Å². The van der Waals surface area contributed by atoms with Crippen LogP contribution in [0, 0.1) is 5.92 Å². The smallest absolute Gasteiger partial charge is 0.255 e. The van der Waals surface area contributed by atoms with Crippen molar-refractivity contribution in [1.29, 1.82) is 0 Å². The molecule has 0 bridgehead atoms. The molecule has 0 aromatic heterocycles. The molecule has 2 rings (SSSR count). The van der Waals surface area contributed by atoms with E-state index in [0.29, 0.717) is 18.1 Å². The van der Waals surface area contributed by atoms with Crippen molar-refractivity contribution >= 4 is 11.5 Å². The van der Waals surface area contributed by atoms with Crippen LogP contribution in [0.3, 0.4) is 0 Å². The highest BCUT2D eigenvalue weighted by Gasteiger charge is 2.16. The molecule has 2 N–H and O–H groups in total. The van der Waals surface area contributed by atoms with Gasteiger partial charge in [0, 0.05) is 0 Å². The Morgan fingerprint density at radius 2 is 1.78 bits per heavy atom. The number of hydrogen-bond acceptors (Lipinski definition) is 3. The zero-order valence-corrected chi connectivity index (χ0v) is 16.3. The Hall–Kier alpha value is -2.75. The summed E-state index contributed by atoms with van der Waals surface area (Å²) in [6.45, 7) is 6.92. The number of nitrogens with one attached hydrogen (secondary N) is 1. The number of carbonyl (C=O) groups excluding carboxylic acids is 1. The maximum absolute atomic E-state index is 12.6. The molecule has 0 radical (unpaired) electrons. The normalized spacial score (nSPS) is 13.7. The van der Waals surface area contributed by atoms with Crippen LogP contribution in [-0.4, -0.2) is 17.6 Å². The van der Waals surface area contributed by atoms with Crippen molar-refractivity contribution in [2.75, 3.05) is 6.61 Å². The summed E-state index contributed by atoms with van der Waals surface area (Å²) in [5.74, 6) is 0.948. The third-order valence-electron chi connectivity index (χ3n) is 4.50. The van der Waals surface area contributed by atoms with E-state index in [0.717, 1.165) is 30.4 Å². The summed E-state index contributed by atoms with van der Waals surface area (Å²) in [4.78, 5) is 12.6. The van der Waals surface area contributed by atoms with E-state index in [1.165, 1.54) is 0 Å². The molecule has 0 aliphatic carbocycles. The molecule has 0 aliphatic rings. The summed E-state index contributed by atoms with van der Waals surface area (Å²) in [7, 11) is 0. The van der Waals surface area contributed by atoms with E-state index in [2.05, 4.69) is 19.2 Å². The zero-order valence-electron chi connectivity index (χ0n) is 16.3. The van der Waals surface area contributed by atoms with E-state index >= 15 is 0 Å². The molecule has 2 aromatic rings. The van der Waals surface area contributed by atoms with Crippen molar-refractivity contribution < 1.29 is 14.6 Å². The number of hydrogen-bond donors (Lipinski definition) is 2. The van der Waals surface area contributed by atoms with E-state index in [1.54, 1.807) is 12.1 Å². The van der Waals surface area contributed by atoms with E-state index in [1.807, 2.05) is 49.4 Å². The maximum atomic E-state index is 12.6. The van der Waals surface area contributed by atoms with Gasteiger partial charge in [-0.1, -0.05) is 62.7 Å². The van der Waals surface area contributed by atoms with Crippen LogP contribution in [0.4, 0.5) is 0 Å². The lowest BCUT2D eigenvalue weighted by molar-refractivity contribution is -0.116. The molecule has 0 fully saturated rings. The van der Waals surface area contributed by atoms with Gasteiger partial charge in [0.25, 0.3) is 5.91 Å². The molecular weight excluding hydrogens is 338 g/mol. The van der Waals surface area contributed by atoms with Crippen LogP contribution in [0.15, 0.2) is 60.9 Å². The van der Waals surface area contributed by atoms with Gasteiger partial charge < -0.3 is 15.2 Å². The molecule has 27 heavy (non-hydrogen) atoms. The van der Waals surface area contributed by atoms with E-state index in [9.17, 15) is 9.90 Å². The number of aliphatic hydroxyl groups excluding tert-OH is 1. The summed E-state index contributed by atoms with van der Waals surface area (Å²) in [5, 5.41) is 12.5. The van der Waals surface area contributed by atoms with Gasteiger partial charge in [0.05, 0.1) is 24.5 Å². The first kappa shape index (κ1) is 20.6. The zero-order chi connectivity index (χ0) is 19.6. The number of benzene rings is 2. The van der Waals surface area contributed by atoms with Crippen LogP contribution in [0.5, 0.6) is 5.75 Å². The van der Waals surface area contributed by atoms with Crippen molar-refractivity contribution in [3.63, 3.8) is 0 Å². The van der Waals surface area contributed by atoms with Gasteiger partial charge in [-0.25, -0.2) is 0 Å². The molecule has 0 heterocycles. The second-order valence-corrected chi connectivity index (χ2v) is 6.88. The van der Waals surface area contributed by atoms with Gasteiger partial charge >= 0.3 is 0 Å². The van der Waals surface area contributed by atoms with Gasteiger partial charge in [0.2, 0.25) is 0 Å². The first-order chi connectivity index (χ1) is 13.0. The Balaban J connectivity index is 1.99. The first-order valence-corrected chi connectivity index (χ1v) is 9.48. The average molecular weight is 367 g/mol. The predicted molar refractivity (Wildman–Crippen MR) is 110 cm³/mol. The van der Waals surface area contributed by atoms with E-state index in [4.69, 9.17) is 4.74 Å². The first-order valence-electron chi connectivity index (χ1n) is 9.48. The van der Waals surface area contributed by atoms with Gasteiger partial charge in [-0.3, -0.25) is 4.79 Å². The highest BCUT2D eigenvalue weighted by atomic mass is 16.5. The molecule has 0 spiro atoms. The predicted octanol–water partition coefficient (Wildman–Crippen LogP) is 5.28. The van der Waals surface area contributed by atoms with Gasteiger partial charge in [0.15, 0.2) is 0 Å². The molecule has 4 heteroatoms. The number of carbonyl (C=O) groups is 1.